The highest BCUT2D eigenvalue weighted by molar-refractivity contribution is 7.90. The number of carbonyl (C=O) groups is 1. The number of carboxylic acids is 1. The Morgan fingerprint density at radius 2 is 1.71 bits per heavy atom. The smallest absolute Gasteiger partial charge is 0.303 e. The van der Waals surface area contributed by atoms with Crippen LogP contribution < -0.4 is 4.74 Å². The van der Waals surface area contributed by atoms with Gasteiger partial charge in [0, 0.05) is 18.0 Å². The topological polar surface area (TPSA) is 85.6 Å². The summed E-state index contributed by atoms with van der Waals surface area (Å²) in [6.45, 7) is 2.66. The molecule has 34 heavy (non-hydrogen) atoms. The maximum atomic E-state index is 13.5. The van der Waals surface area contributed by atoms with Gasteiger partial charge in [0.2, 0.25) is 0 Å². The van der Waals surface area contributed by atoms with Crippen molar-refractivity contribution in [2.75, 3.05) is 6.61 Å². The molecule has 0 radical (unpaired) electrons. The zero-order valence-corrected chi connectivity index (χ0v) is 19.8. The summed E-state index contributed by atoms with van der Waals surface area (Å²) in [4.78, 5) is 11.4. The van der Waals surface area contributed by atoms with E-state index in [-0.39, 0.29) is 17.7 Å². The highest BCUT2D eigenvalue weighted by atomic mass is 32.2. The molecule has 4 rings (SSSR count). The molecule has 6 nitrogen and oxygen atoms in total. The summed E-state index contributed by atoms with van der Waals surface area (Å²) in [5, 5.41) is 9.92. The maximum Gasteiger partial charge on any atom is 0.303 e. The predicted molar refractivity (Wildman–Crippen MR) is 133 cm³/mol. The van der Waals surface area contributed by atoms with Crippen molar-refractivity contribution < 1.29 is 23.1 Å². The van der Waals surface area contributed by atoms with E-state index in [1.807, 2.05) is 42.5 Å². The lowest BCUT2D eigenvalue weighted by Gasteiger charge is -2.10. The van der Waals surface area contributed by atoms with Gasteiger partial charge in [0.05, 0.1) is 17.0 Å². The van der Waals surface area contributed by atoms with Gasteiger partial charge in [-0.3, -0.25) is 4.79 Å². The first-order chi connectivity index (χ1) is 16.4. The first-order valence-electron chi connectivity index (χ1n) is 11.3. The molecule has 7 heteroatoms. The van der Waals surface area contributed by atoms with Gasteiger partial charge in [-0.25, -0.2) is 12.4 Å². The Balaban J connectivity index is 1.75. The SMILES string of the molecule is CCCCOc1ccc(S(=O)(=O)n2cc(CCC(=O)O)c3cc(-c4ccccc4)ccc32)cc1. The quantitative estimate of drug-likeness (QED) is 0.294. The van der Waals surface area contributed by atoms with Crippen molar-refractivity contribution in [2.45, 2.75) is 37.5 Å². The third kappa shape index (κ3) is 4.99. The summed E-state index contributed by atoms with van der Waals surface area (Å²) in [6, 6.07) is 21.8. The lowest BCUT2D eigenvalue weighted by molar-refractivity contribution is -0.136. The molecule has 0 atom stereocenters. The Bertz CT molecular complexity index is 1390. The second kappa shape index (κ2) is 10.1. The molecule has 0 spiro atoms. The Kier molecular flexibility index (Phi) is 7.03. The number of fused-ring (bicyclic) bond motifs is 1. The highest BCUT2D eigenvalue weighted by Crippen LogP contribution is 2.31. The van der Waals surface area contributed by atoms with Crippen molar-refractivity contribution in [3.8, 4) is 16.9 Å². The van der Waals surface area contributed by atoms with Crippen LogP contribution in [0.1, 0.15) is 31.7 Å². The van der Waals surface area contributed by atoms with Gasteiger partial charge in [-0.2, -0.15) is 0 Å². The predicted octanol–water partition coefficient (Wildman–Crippen LogP) is 5.74. The number of unbranched alkanes of at least 4 members (excludes halogenated alkanes) is 1. The van der Waals surface area contributed by atoms with Crippen molar-refractivity contribution in [3.05, 3.63) is 84.6 Å². The largest absolute Gasteiger partial charge is 0.494 e. The van der Waals surface area contributed by atoms with Crippen LogP contribution in [0, 0.1) is 0 Å². The average Bonchev–Trinajstić information content (AvgIpc) is 3.22. The normalized spacial score (nSPS) is 11.6. The summed E-state index contributed by atoms with van der Waals surface area (Å²) in [5.41, 5.74) is 3.14. The molecular formula is C27H27NO5S. The van der Waals surface area contributed by atoms with Crippen LogP contribution in [0.5, 0.6) is 5.75 Å². The number of aliphatic carboxylic acids is 1. The molecule has 0 saturated carbocycles. The molecule has 0 bridgehead atoms. The molecule has 4 aromatic rings. The van der Waals surface area contributed by atoms with Gasteiger partial charge in [-0.1, -0.05) is 49.7 Å². The molecule has 176 valence electrons. The van der Waals surface area contributed by atoms with Crippen molar-refractivity contribution >= 4 is 26.9 Å². The average molecular weight is 478 g/mol. The first kappa shape index (κ1) is 23.6. The number of ether oxygens (including phenoxy) is 1. The zero-order chi connectivity index (χ0) is 24.1. The fourth-order valence-electron chi connectivity index (χ4n) is 3.87. The molecule has 1 aromatic heterocycles. The van der Waals surface area contributed by atoms with Crippen LogP contribution in [-0.4, -0.2) is 30.1 Å². The van der Waals surface area contributed by atoms with Crippen molar-refractivity contribution in [2.24, 2.45) is 0 Å². The van der Waals surface area contributed by atoms with Crippen molar-refractivity contribution in [1.29, 1.82) is 0 Å². The van der Waals surface area contributed by atoms with Crippen LogP contribution in [0.15, 0.2) is 83.9 Å². The maximum absolute atomic E-state index is 13.5. The number of nitrogens with zero attached hydrogens (tertiary/aromatic N) is 1. The fraction of sp³-hybridized carbons (Fsp3) is 0.222. The summed E-state index contributed by atoms with van der Waals surface area (Å²) in [5.74, 6) is -0.305. The summed E-state index contributed by atoms with van der Waals surface area (Å²) in [7, 11) is -3.89. The fourth-order valence-corrected chi connectivity index (χ4v) is 5.26. The minimum atomic E-state index is -3.89. The number of hydrogen-bond acceptors (Lipinski definition) is 4. The van der Waals surface area contributed by atoms with Gasteiger partial charge >= 0.3 is 5.97 Å². The Morgan fingerprint density at radius 1 is 0.971 bits per heavy atom. The molecule has 1 N–H and O–H groups in total. The van der Waals surface area contributed by atoms with Crippen LogP contribution in [-0.2, 0) is 21.2 Å². The van der Waals surface area contributed by atoms with Gasteiger partial charge < -0.3 is 9.84 Å². The van der Waals surface area contributed by atoms with Gasteiger partial charge in [0.1, 0.15) is 5.75 Å². The zero-order valence-electron chi connectivity index (χ0n) is 19.0. The number of aryl methyl sites for hydroxylation is 1. The van der Waals surface area contributed by atoms with E-state index in [1.54, 1.807) is 24.4 Å². The molecule has 3 aromatic carbocycles. The Hall–Kier alpha value is -3.58. The van der Waals surface area contributed by atoms with E-state index in [0.29, 0.717) is 23.4 Å². The summed E-state index contributed by atoms with van der Waals surface area (Å²) >= 11 is 0. The standard InChI is InChI=1S/C27H27NO5S/c1-2-3-17-33-23-11-13-24(14-12-23)34(31,32)28-19-22(10-16-27(29)30)25-18-21(9-15-26(25)28)20-7-5-4-6-8-20/h4-9,11-15,18-19H,2-3,10,16-17H2,1H3,(H,29,30). The minimum Gasteiger partial charge on any atom is -0.494 e. The highest BCUT2D eigenvalue weighted by Gasteiger charge is 2.22. The van der Waals surface area contributed by atoms with Crippen LogP contribution in [0.3, 0.4) is 0 Å². The molecule has 1 heterocycles. The van der Waals surface area contributed by atoms with Crippen LogP contribution in [0.2, 0.25) is 0 Å². The molecule has 0 aliphatic heterocycles. The lowest BCUT2D eigenvalue weighted by atomic mass is 10.0. The minimum absolute atomic E-state index is 0.0848. The van der Waals surface area contributed by atoms with Crippen molar-refractivity contribution in [1.82, 2.24) is 3.97 Å². The summed E-state index contributed by atoms with van der Waals surface area (Å²) in [6.07, 6.45) is 3.64. The van der Waals surface area contributed by atoms with Gasteiger partial charge in [0.15, 0.2) is 0 Å². The number of hydrogen-bond donors (Lipinski definition) is 1. The molecule has 0 fully saturated rings. The first-order valence-corrected chi connectivity index (χ1v) is 12.7. The van der Waals surface area contributed by atoms with E-state index in [9.17, 15) is 18.3 Å². The van der Waals surface area contributed by atoms with E-state index in [4.69, 9.17) is 4.74 Å². The monoisotopic (exact) mass is 477 g/mol. The third-order valence-electron chi connectivity index (χ3n) is 5.72. The number of carboxylic acid groups (broad SMARTS) is 1. The van der Waals surface area contributed by atoms with E-state index in [2.05, 4.69) is 6.92 Å². The molecule has 0 aliphatic rings. The molecular weight excluding hydrogens is 450 g/mol. The van der Waals surface area contributed by atoms with Crippen LogP contribution >= 0.6 is 0 Å². The molecule has 0 saturated heterocycles. The van der Waals surface area contributed by atoms with Crippen LogP contribution in [0.4, 0.5) is 0 Å². The van der Waals surface area contributed by atoms with E-state index < -0.39 is 16.0 Å². The summed E-state index contributed by atoms with van der Waals surface area (Å²) < 4.78 is 34.0. The Morgan fingerprint density at radius 3 is 2.38 bits per heavy atom. The lowest BCUT2D eigenvalue weighted by Crippen LogP contribution is -2.12. The number of benzene rings is 3. The Labute approximate surface area is 199 Å². The molecule has 0 aliphatic carbocycles. The van der Waals surface area contributed by atoms with E-state index in [0.717, 1.165) is 29.4 Å². The van der Waals surface area contributed by atoms with Crippen LogP contribution in [0.25, 0.3) is 22.0 Å². The molecule has 0 unspecified atom stereocenters. The second-order valence-electron chi connectivity index (χ2n) is 8.12. The van der Waals surface area contributed by atoms with E-state index in [1.165, 1.54) is 16.1 Å². The molecule has 0 amide bonds. The third-order valence-corrected chi connectivity index (χ3v) is 7.40. The van der Waals surface area contributed by atoms with Gasteiger partial charge in [0.25, 0.3) is 10.0 Å². The second-order valence-corrected chi connectivity index (χ2v) is 9.94. The van der Waals surface area contributed by atoms with Gasteiger partial charge in [-0.05, 0) is 65.9 Å². The van der Waals surface area contributed by atoms with Gasteiger partial charge in [-0.15, -0.1) is 0 Å². The number of rotatable bonds is 10. The van der Waals surface area contributed by atoms with E-state index >= 15 is 0 Å². The van der Waals surface area contributed by atoms with Crippen molar-refractivity contribution in [3.63, 3.8) is 0 Å². The number of aromatic nitrogens is 1.